The summed E-state index contributed by atoms with van der Waals surface area (Å²) in [7, 11) is -0.699. The minimum absolute atomic E-state index is 0.558. The van der Waals surface area contributed by atoms with Gasteiger partial charge in [0.1, 0.15) is 0 Å². The minimum atomic E-state index is -0.699. The number of hydrogen-bond acceptors (Lipinski definition) is 2. The van der Waals surface area contributed by atoms with Crippen molar-refractivity contribution in [2.24, 2.45) is 5.92 Å². The topological polar surface area (TPSA) is 36.1 Å². The zero-order valence-corrected chi connectivity index (χ0v) is 14.2. The maximum absolute atomic E-state index is 11.7. The highest BCUT2D eigenvalue weighted by Crippen LogP contribution is 2.44. The third kappa shape index (κ3) is 2.24. The van der Waals surface area contributed by atoms with Crippen molar-refractivity contribution in [2.75, 3.05) is 25.1 Å². The summed E-state index contributed by atoms with van der Waals surface area (Å²) >= 11 is 0. The van der Waals surface area contributed by atoms with Gasteiger partial charge in [-0.25, -0.2) is 0 Å². The molecule has 0 bridgehead atoms. The molecule has 1 fully saturated rings. The van der Waals surface area contributed by atoms with Crippen LogP contribution in [0.5, 0.6) is 0 Å². The third-order valence-corrected chi connectivity index (χ3v) is 6.48. The lowest BCUT2D eigenvalue weighted by atomic mass is 9.72. The lowest BCUT2D eigenvalue weighted by Crippen LogP contribution is -2.50. The van der Waals surface area contributed by atoms with Crippen LogP contribution in [0.15, 0.2) is 24.4 Å². The summed E-state index contributed by atoms with van der Waals surface area (Å²) in [5, 5.41) is 1.46. The van der Waals surface area contributed by atoms with Crippen molar-refractivity contribution in [1.29, 1.82) is 0 Å². The van der Waals surface area contributed by atoms with Gasteiger partial charge in [-0.2, -0.15) is 0 Å². The summed E-state index contributed by atoms with van der Waals surface area (Å²) < 4.78 is 11.7. The first-order chi connectivity index (χ1) is 10.7. The number of nitrogens with one attached hydrogen (secondary N) is 1. The van der Waals surface area contributed by atoms with Crippen molar-refractivity contribution in [1.82, 2.24) is 9.88 Å². The fourth-order valence-corrected chi connectivity index (χ4v) is 5.62. The van der Waals surface area contributed by atoms with Crippen LogP contribution in [0, 0.1) is 5.92 Å². The van der Waals surface area contributed by atoms with Crippen LogP contribution in [-0.2, 0) is 17.2 Å². The zero-order valence-electron chi connectivity index (χ0n) is 13.3. The molecule has 1 aliphatic heterocycles. The molecule has 2 unspecified atom stereocenters. The largest absolute Gasteiger partial charge is 0.361 e. The Hall–Kier alpha value is -1.13. The van der Waals surface area contributed by atoms with Crippen molar-refractivity contribution >= 4 is 21.7 Å². The van der Waals surface area contributed by atoms with Gasteiger partial charge in [-0.3, -0.25) is 9.11 Å². The van der Waals surface area contributed by atoms with Crippen molar-refractivity contribution in [3.05, 3.63) is 35.5 Å². The maximum Gasteiger partial charge on any atom is 0.0459 e. The molecule has 4 rings (SSSR count). The van der Waals surface area contributed by atoms with E-state index in [0.29, 0.717) is 17.9 Å². The number of hydrogen-bond donors (Lipinski definition) is 1. The van der Waals surface area contributed by atoms with E-state index < -0.39 is 10.8 Å². The maximum atomic E-state index is 11.7. The third-order valence-electron chi connectivity index (χ3n) is 5.54. The number of rotatable bonds is 3. The number of piperidine rings is 1. The second-order valence-corrected chi connectivity index (χ2v) is 8.37. The van der Waals surface area contributed by atoms with Crippen LogP contribution < -0.4 is 0 Å². The van der Waals surface area contributed by atoms with E-state index in [1.165, 1.54) is 28.5 Å². The van der Waals surface area contributed by atoms with Gasteiger partial charge in [-0.15, -0.1) is 0 Å². The van der Waals surface area contributed by atoms with Crippen LogP contribution in [0.1, 0.15) is 30.4 Å². The number of aromatic nitrogens is 1. The molecule has 0 saturated carbocycles. The molecular formula is C18H24N2OS. The Morgan fingerprint density at radius 1 is 1.41 bits per heavy atom. The highest BCUT2D eigenvalue weighted by molar-refractivity contribution is 7.84. The van der Waals surface area contributed by atoms with Crippen molar-refractivity contribution in [3.8, 4) is 0 Å². The van der Waals surface area contributed by atoms with E-state index in [9.17, 15) is 4.21 Å². The van der Waals surface area contributed by atoms with Crippen LogP contribution in [0.4, 0.5) is 0 Å². The van der Waals surface area contributed by atoms with E-state index in [1.807, 2.05) is 6.26 Å². The predicted octanol–water partition coefficient (Wildman–Crippen LogP) is 2.90. The highest BCUT2D eigenvalue weighted by atomic mass is 32.2. The Balaban J connectivity index is 1.76. The smallest absolute Gasteiger partial charge is 0.0459 e. The number of nitrogens with zero attached hydrogens (tertiary/aromatic N) is 1. The molecule has 22 heavy (non-hydrogen) atoms. The van der Waals surface area contributed by atoms with Crippen molar-refractivity contribution in [2.45, 2.75) is 31.7 Å². The number of likely N-dealkylation sites (N-methyl/N-ethyl adjacent to an activating group) is 1. The van der Waals surface area contributed by atoms with Gasteiger partial charge in [0.15, 0.2) is 0 Å². The number of aromatic amines is 1. The van der Waals surface area contributed by atoms with Gasteiger partial charge >= 0.3 is 0 Å². The SMILES string of the molecule is CCN1CC(CS(C)=O)C[C@@H]2c3cccc4[nH]cc(c34)C[C@H]21. The van der Waals surface area contributed by atoms with Crippen LogP contribution in [0.25, 0.3) is 10.9 Å². The highest BCUT2D eigenvalue weighted by Gasteiger charge is 2.40. The van der Waals surface area contributed by atoms with Crippen LogP contribution >= 0.6 is 0 Å². The summed E-state index contributed by atoms with van der Waals surface area (Å²) in [6.45, 7) is 4.45. The van der Waals surface area contributed by atoms with Crippen molar-refractivity contribution < 1.29 is 4.21 Å². The number of H-pyrrole nitrogens is 1. The molecule has 0 radical (unpaired) electrons. The first kappa shape index (κ1) is 14.5. The molecule has 1 aromatic heterocycles. The Bertz CT molecular complexity index is 723. The van der Waals surface area contributed by atoms with E-state index in [4.69, 9.17) is 0 Å². The van der Waals surface area contributed by atoms with Crippen molar-refractivity contribution in [3.63, 3.8) is 0 Å². The Morgan fingerprint density at radius 2 is 2.27 bits per heavy atom. The summed E-state index contributed by atoms with van der Waals surface area (Å²) in [6.07, 6.45) is 6.38. The molecular weight excluding hydrogens is 292 g/mol. The first-order valence-corrected chi connectivity index (χ1v) is 10.0. The van der Waals surface area contributed by atoms with E-state index in [-0.39, 0.29) is 0 Å². The molecule has 1 aromatic carbocycles. The normalized spacial score (nSPS) is 29.5. The number of fused-ring (bicyclic) bond motifs is 2. The molecule has 1 N–H and O–H groups in total. The quantitative estimate of drug-likeness (QED) is 0.945. The summed E-state index contributed by atoms with van der Waals surface area (Å²) in [4.78, 5) is 6.06. The van der Waals surface area contributed by atoms with Crippen LogP contribution in [0.2, 0.25) is 0 Å². The molecule has 2 aromatic rings. The lowest BCUT2D eigenvalue weighted by molar-refractivity contribution is 0.0981. The molecule has 118 valence electrons. The van der Waals surface area contributed by atoms with Gasteiger partial charge in [0.05, 0.1) is 0 Å². The van der Waals surface area contributed by atoms with Gasteiger partial charge in [0.25, 0.3) is 0 Å². The molecule has 0 spiro atoms. The fourth-order valence-electron chi connectivity index (χ4n) is 4.72. The molecule has 2 heterocycles. The monoisotopic (exact) mass is 316 g/mol. The van der Waals surface area contributed by atoms with Gasteiger partial charge in [0.2, 0.25) is 0 Å². The van der Waals surface area contributed by atoms with Crippen LogP contribution in [0.3, 0.4) is 0 Å². The van der Waals surface area contributed by atoms with Gasteiger partial charge < -0.3 is 4.98 Å². The molecule has 1 saturated heterocycles. The van der Waals surface area contributed by atoms with E-state index in [0.717, 1.165) is 25.3 Å². The lowest BCUT2D eigenvalue weighted by Gasteiger charge is -2.46. The van der Waals surface area contributed by atoms with Gasteiger partial charge in [-0.05, 0) is 42.5 Å². The Kier molecular flexibility index (Phi) is 3.61. The first-order valence-electron chi connectivity index (χ1n) is 8.30. The average molecular weight is 316 g/mol. The molecule has 0 amide bonds. The summed E-state index contributed by atoms with van der Waals surface area (Å²) in [6, 6.07) is 7.29. The average Bonchev–Trinajstić information content (AvgIpc) is 2.91. The molecule has 1 aliphatic carbocycles. The van der Waals surface area contributed by atoms with E-state index >= 15 is 0 Å². The second kappa shape index (κ2) is 5.50. The zero-order chi connectivity index (χ0) is 15.3. The van der Waals surface area contributed by atoms with Crippen LogP contribution in [-0.4, -0.2) is 45.2 Å². The Morgan fingerprint density at radius 3 is 3.05 bits per heavy atom. The molecule has 2 aliphatic rings. The summed E-state index contributed by atoms with van der Waals surface area (Å²) in [5.74, 6) is 1.99. The number of likely N-dealkylation sites (tertiary alicyclic amines) is 1. The van der Waals surface area contributed by atoms with Gasteiger partial charge in [-0.1, -0.05) is 19.1 Å². The predicted molar refractivity (Wildman–Crippen MR) is 92.8 cm³/mol. The summed E-state index contributed by atoms with van der Waals surface area (Å²) in [5.41, 5.74) is 4.26. The standard InChI is InChI=1S/C18H24N2OS/c1-3-20-10-12(11-22(2)21)7-15-14-5-4-6-16-18(14)13(9-19-16)8-17(15)20/h4-6,9,12,15,17,19H,3,7-8,10-11H2,1-2H3/t12?,15-,17-,22?/m1/s1. The molecule has 3 nitrogen and oxygen atoms in total. The fraction of sp³-hybridized carbons (Fsp3) is 0.556. The molecule has 4 heteroatoms. The number of benzene rings is 1. The Labute approximate surface area is 134 Å². The second-order valence-electron chi connectivity index (χ2n) is 6.89. The molecule has 4 atom stereocenters. The van der Waals surface area contributed by atoms with E-state index in [1.54, 1.807) is 0 Å². The minimum Gasteiger partial charge on any atom is -0.361 e. The van der Waals surface area contributed by atoms with E-state index in [2.05, 4.69) is 41.2 Å². The van der Waals surface area contributed by atoms with Gasteiger partial charge in [0, 0.05) is 58.4 Å².